The van der Waals surface area contributed by atoms with Gasteiger partial charge in [0, 0.05) is 25.6 Å². The molecule has 112 valence electrons. The molecule has 1 fully saturated rings. The molecule has 19 heavy (non-hydrogen) atoms. The molecule has 1 aliphatic heterocycles. The molecule has 0 aromatic rings. The van der Waals surface area contributed by atoms with E-state index in [-0.39, 0.29) is 18.2 Å². The van der Waals surface area contributed by atoms with Gasteiger partial charge in [-0.05, 0) is 26.2 Å². The summed E-state index contributed by atoms with van der Waals surface area (Å²) in [5, 5.41) is 5.70. The van der Waals surface area contributed by atoms with Gasteiger partial charge in [-0.1, -0.05) is 13.8 Å². The van der Waals surface area contributed by atoms with Crippen molar-refractivity contribution in [2.45, 2.75) is 46.3 Å². The molecule has 1 aliphatic rings. The van der Waals surface area contributed by atoms with Crippen molar-refractivity contribution in [3.8, 4) is 0 Å². The highest BCUT2D eigenvalue weighted by molar-refractivity contribution is 5.73. The number of carbonyl (C=O) groups excluding carboxylic acids is 1. The van der Waals surface area contributed by atoms with Gasteiger partial charge in [-0.15, -0.1) is 0 Å². The van der Waals surface area contributed by atoms with E-state index in [4.69, 9.17) is 9.47 Å². The molecule has 0 aromatic carbocycles. The van der Waals surface area contributed by atoms with E-state index in [0.717, 1.165) is 13.0 Å². The van der Waals surface area contributed by atoms with Crippen LogP contribution in [0.2, 0.25) is 0 Å². The summed E-state index contributed by atoms with van der Waals surface area (Å²) < 4.78 is 11.0. The third-order valence-corrected chi connectivity index (χ3v) is 3.28. The minimum atomic E-state index is -0.123. The zero-order valence-corrected chi connectivity index (χ0v) is 12.6. The van der Waals surface area contributed by atoms with E-state index in [1.807, 2.05) is 13.8 Å². The average molecular weight is 272 g/mol. The molecule has 2 atom stereocenters. The van der Waals surface area contributed by atoms with Gasteiger partial charge in [0.2, 0.25) is 0 Å². The topological polar surface area (TPSA) is 59.6 Å². The number of nitrogens with one attached hydrogen (secondary N) is 2. The molecule has 5 heteroatoms. The molecule has 0 saturated carbocycles. The highest BCUT2D eigenvalue weighted by atomic mass is 16.5. The fraction of sp³-hybridized carbons (Fsp3) is 0.929. The summed E-state index contributed by atoms with van der Waals surface area (Å²) in [6, 6.07) is -0.123. The zero-order chi connectivity index (χ0) is 14.3. The van der Waals surface area contributed by atoms with Crippen molar-refractivity contribution in [2.75, 3.05) is 26.3 Å². The van der Waals surface area contributed by atoms with Gasteiger partial charge < -0.3 is 20.1 Å². The van der Waals surface area contributed by atoms with E-state index in [1.165, 1.54) is 0 Å². The Morgan fingerprint density at radius 3 is 2.68 bits per heavy atom. The first kappa shape index (κ1) is 16.2. The van der Waals surface area contributed by atoms with Gasteiger partial charge in [0.15, 0.2) is 0 Å². The fourth-order valence-corrected chi connectivity index (χ4v) is 2.36. The predicted molar refractivity (Wildman–Crippen MR) is 75.2 cm³/mol. The van der Waals surface area contributed by atoms with Crippen molar-refractivity contribution in [3.63, 3.8) is 0 Å². The standard InChI is InChI=1S/C14H28N2O3/c1-10(2)13-12(5-7-19-13)9-16-14(17)15-6-8-18-11(3)4/h10-13H,5-9H2,1-4H3,(H2,15,16,17)/t12-,13-/m1/s1. The van der Waals surface area contributed by atoms with Gasteiger partial charge in [-0.2, -0.15) is 0 Å². The van der Waals surface area contributed by atoms with Crippen LogP contribution in [0, 0.1) is 11.8 Å². The smallest absolute Gasteiger partial charge is 0.314 e. The number of urea groups is 1. The Morgan fingerprint density at radius 2 is 2.05 bits per heavy atom. The number of ether oxygens (including phenoxy) is 2. The van der Waals surface area contributed by atoms with Crippen molar-refractivity contribution in [2.24, 2.45) is 11.8 Å². The van der Waals surface area contributed by atoms with Crippen LogP contribution >= 0.6 is 0 Å². The minimum Gasteiger partial charge on any atom is -0.378 e. The summed E-state index contributed by atoms with van der Waals surface area (Å²) >= 11 is 0. The molecule has 0 bridgehead atoms. The summed E-state index contributed by atoms with van der Waals surface area (Å²) in [6.45, 7) is 10.8. The molecule has 5 nitrogen and oxygen atoms in total. The molecule has 1 rings (SSSR count). The number of carbonyl (C=O) groups is 1. The van der Waals surface area contributed by atoms with E-state index in [0.29, 0.717) is 31.5 Å². The first-order valence-corrected chi connectivity index (χ1v) is 7.25. The first-order valence-electron chi connectivity index (χ1n) is 7.25. The summed E-state index contributed by atoms with van der Waals surface area (Å²) in [6.07, 6.45) is 1.50. The third kappa shape index (κ3) is 6.25. The lowest BCUT2D eigenvalue weighted by Crippen LogP contribution is -2.41. The number of hydrogen-bond acceptors (Lipinski definition) is 3. The number of amides is 2. The van der Waals surface area contributed by atoms with Crippen LogP contribution in [0.4, 0.5) is 4.79 Å². The van der Waals surface area contributed by atoms with E-state index < -0.39 is 0 Å². The maximum absolute atomic E-state index is 11.6. The van der Waals surface area contributed by atoms with E-state index in [1.54, 1.807) is 0 Å². The molecule has 0 aliphatic carbocycles. The zero-order valence-electron chi connectivity index (χ0n) is 12.6. The maximum atomic E-state index is 11.6. The second-order valence-electron chi connectivity index (χ2n) is 5.68. The molecule has 0 unspecified atom stereocenters. The Kier molecular flexibility index (Phi) is 7.16. The van der Waals surface area contributed by atoms with Gasteiger partial charge >= 0.3 is 6.03 Å². The van der Waals surface area contributed by atoms with E-state index >= 15 is 0 Å². The molecule has 0 aromatic heterocycles. The summed E-state index contributed by atoms with van der Waals surface area (Å²) in [5.74, 6) is 0.925. The van der Waals surface area contributed by atoms with Gasteiger partial charge in [-0.25, -0.2) is 4.79 Å². The van der Waals surface area contributed by atoms with Crippen molar-refractivity contribution in [1.29, 1.82) is 0 Å². The molecule has 1 saturated heterocycles. The van der Waals surface area contributed by atoms with Crippen LogP contribution in [0.1, 0.15) is 34.1 Å². The largest absolute Gasteiger partial charge is 0.378 e. The molecular formula is C14H28N2O3. The van der Waals surface area contributed by atoms with E-state index in [2.05, 4.69) is 24.5 Å². The van der Waals surface area contributed by atoms with Crippen LogP contribution in [0.3, 0.4) is 0 Å². The van der Waals surface area contributed by atoms with Crippen molar-refractivity contribution in [3.05, 3.63) is 0 Å². The quantitative estimate of drug-likeness (QED) is 0.694. The molecule has 2 amide bonds. The van der Waals surface area contributed by atoms with Crippen LogP contribution in [0.25, 0.3) is 0 Å². The second kappa shape index (κ2) is 8.38. The highest BCUT2D eigenvalue weighted by Crippen LogP contribution is 2.25. The predicted octanol–water partition coefficient (Wildman–Crippen LogP) is 1.77. The summed E-state index contributed by atoms with van der Waals surface area (Å²) in [4.78, 5) is 11.6. The molecule has 0 spiro atoms. The monoisotopic (exact) mass is 272 g/mol. The normalized spacial score (nSPS) is 23.1. The second-order valence-corrected chi connectivity index (χ2v) is 5.68. The molecular weight excluding hydrogens is 244 g/mol. The Hall–Kier alpha value is -0.810. The van der Waals surface area contributed by atoms with Crippen LogP contribution in [-0.2, 0) is 9.47 Å². The lowest BCUT2D eigenvalue weighted by Gasteiger charge is -2.22. The Balaban J connectivity index is 2.12. The molecule has 0 radical (unpaired) electrons. The lowest BCUT2D eigenvalue weighted by atomic mass is 9.93. The van der Waals surface area contributed by atoms with Crippen LogP contribution in [0.5, 0.6) is 0 Å². The van der Waals surface area contributed by atoms with Gasteiger partial charge in [0.25, 0.3) is 0 Å². The average Bonchev–Trinajstić information content (AvgIpc) is 2.80. The van der Waals surface area contributed by atoms with Gasteiger partial charge in [-0.3, -0.25) is 0 Å². The Labute approximate surface area is 116 Å². The van der Waals surface area contributed by atoms with Crippen molar-refractivity contribution in [1.82, 2.24) is 10.6 Å². The van der Waals surface area contributed by atoms with Crippen LogP contribution < -0.4 is 10.6 Å². The maximum Gasteiger partial charge on any atom is 0.314 e. The minimum absolute atomic E-state index is 0.123. The van der Waals surface area contributed by atoms with Crippen molar-refractivity contribution >= 4 is 6.03 Å². The fourth-order valence-electron chi connectivity index (χ4n) is 2.36. The summed E-state index contributed by atoms with van der Waals surface area (Å²) in [5.41, 5.74) is 0. The SMILES string of the molecule is CC(C)OCCNC(=O)NC[C@H]1CCO[C@@H]1C(C)C. The van der Waals surface area contributed by atoms with Crippen molar-refractivity contribution < 1.29 is 14.3 Å². The third-order valence-electron chi connectivity index (χ3n) is 3.28. The van der Waals surface area contributed by atoms with E-state index in [9.17, 15) is 4.79 Å². The Morgan fingerprint density at radius 1 is 1.32 bits per heavy atom. The first-order chi connectivity index (χ1) is 9.00. The molecule has 2 N–H and O–H groups in total. The van der Waals surface area contributed by atoms with Gasteiger partial charge in [0.05, 0.1) is 18.8 Å². The number of rotatable bonds is 7. The van der Waals surface area contributed by atoms with Crippen LogP contribution in [-0.4, -0.2) is 44.5 Å². The Bertz CT molecular complexity index is 269. The lowest BCUT2D eigenvalue weighted by molar-refractivity contribution is 0.0544. The summed E-state index contributed by atoms with van der Waals surface area (Å²) in [7, 11) is 0. The highest BCUT2D eigenvalue weighted by Gasteiger charge is 2.30. The van der Waals surface area contributed by atoms with Gasteiger partial charge in [0.1, 0.15) is 0 Å². The van der Waals surface area contributed by atoms with Crippen LogP contribution in [0.15, 0.2) is 0 Å². The molecule has 1 heterocycles. The number of hydrogen-bond donors (Lipinski definition) is 2.